The number of nitro groups is 2. The summed E-state index contributed by atoms with van der Waals surface area (Å²) in [4.78, 5) is 72.9. The first-order chi connectivity index (χ1) is 30.0. The van der Waals surface area contributed by atoms with Crippen LogP contribution >= 0.6 is 15.9 Å². The molecule has 0 fully saturated rings. The Morgan fingerprint density at radius 3 is 1.40 bits per heavy atom. The van der Waals surface area contributed by atoms with E-state index in [0.717, 1.165) is 44.9 Å². The lowest BCUT2D eigenvalue weighted by atomic mass is 10.1. The third kappa shape index (κ3) is 11.0. The van der Waals surface area contributed by atoms with Crippen LogP contribution in [-0.4, -0.2) is 71.1 Å². The van der Waals surface area contributed by atoms with Crippen molar-refractivity contribution < 1.29 is 46.1 Å². The van der Waals surface area contributed by atoms with E-state index in [1.54, 1.807) is 47.6 Å². The van der Waals surface area contributed by atoms with Crippen LogP contribution in [0.1, 0.15) is 41.5 Å². The lowest BCUT2D eigenvalue weighted by molar-refractivity contribution is -0.387. The second-order valence-electron chi connectivity index (χ2n) is 16.4. The van der Waals surface area contributed by atoms with Crippen molar-refractivity contribution in [2.45, 2.75) is 57.6 Å². The van der Waals surface area contributed by atoms with E-state index < -0.39 is 76.4 Å². The summed E-state index contributed by atoms with van der Waals surface area (Å²) in [6, 6.07) is 15.2. The summed E-state index contributed by atoms with van der Waals surface area (Å²) < 4.78 is 66.8. The Kier molecular flexibility index (Phi) is 13.7. The Labute approximate surface area is 377 Å². The second kappa shape index (κ2) is 18.2. The lowest BCUT2D eigenvalue weighted by Gasteiger charge is -2.25. The summed E-state index contributed by atoms with van der Waals surface area (Å²) >= 11 is 3.12. The molecule has 65 heavy (non-hydrogen) atoms. The fourth-order valence-corrected chi connectivity index (χ4v) is 7.55. The fraction of sp³-hybridized carbons (Fsp3) is 0.256. The molecule has 0 saturated heterocycles. The van der Waals surface area contributed by atoms with E-state index in [9.17, 15) is 56.6 Å². The molecule has 2 aromatic heterocycles. The summed E-state index contributed by atoms with van der Waals surface area (Å²) in [5.74, 6) is -1.61. The molecule has 6 aromatic rings. The fourth-order valence-electron chi connectivity index (χ4n) is 6.18. The van der Waals surface area contributed by atoms with E-state index >= 15 is 0 Å². The van der Waals surface area contributed by atoms with Gasteiger partial charge in [0, 0.05) is 44.9 Å². The SMILES string of the molecule is CN(C(=O)OC(C)(C)C)c1cc2ccn(-c3ccc([N+](=O)[O-])c(Br)c3)c(=O)c2cc1F.CN(C(=O)OC(C)(C)C)c1cc2ccn(-c3ccc([N+](=O)[O-])c(S(C)(=O)=O)c3)c(=O)c2cc1F. The van der Waals surface area contributed by atoms with Crippen molar-refractivity contribution >= 4 is 82.2 Å². The number of nitro benzene ring substituents is 2. The Morgan fingerprint density at radius 1 is 0.662 bits per heavy atom. The summed E-state index contributed by atoms with van der Waals surface area (Å²) in [5, 5.41) is 23.0. The molecule has 18 nitrogen and oxygen atoms in total. The summed E-state index contributed by atoms with van der Waals surface area (Å²) in [5.41, 5.74) is -3.20. The van der Waals surface area contributed by atoms with Crippen molar-refractivity contribution in [2.75, 3.05) is 30.2 Å². The van der Waals surface area contributed by atoms with Crippen LogP contribution in [0.4, 0.5) is 41.1 Å². The van der Waals surface area contributed by atoms with Crippen molar-refractivity contribution in [1.82, 2.24) is 9.13 Å². The Morgan fingerprint density at radius 2 is 1.05 bits per heavy atom. The van der Waals surface area contributed by atoms with Gasteiger partial charge in [-0.1, -0.05) is 0 Å². The molecule has 0 aliphatic carbocycles. The van der Waals surface area contributed by atoms with E-state index in [4.69, 9.17) is 9.47 Å². The highest BCUT2D eigenvalue weighted by molar-refractivity contribution is 9.10. The third-order valence-corrected chi connectivity index (χ3v) is 11.0. The van der Waals surface area contributed by atoms with Gasteiger partial charge in [-0.25, -0.2) is 26.8 Å². The highest BCUT2D eigenvalue weighted by atomic mass is 79.9. The lowest BCUT2D eigenvalue weighted by Crippen LogP contribution is -2.34. The third-order valence-electron chi connectivity index (χ3n) is 9.22. The van der Waals surface area contributed by atoms with Gasteiger partial charge in [0.05, 0.1) is 47.8 Å². The number of pyridine rings is 2. The Bertz CT molecular complexity index is 3180. The summed E-state index contributed by atoms with van der Waals surface area (Å²) in [6.45, 7) is 10.1. The molecule has 0 saturated carbocycles. The zero-order valence-electron chi connectivity index (χ0n) is 36.2. The number of rotatable bonds is 7. The van der Waals surface area contributed by atoms with Gasteiger partial charge in [-0.2, -0.15) is 0 Å². The Hall–Kier alpha value is -7.07. The van der Waals surface area contributed by atoms with E-state index in [1.165, 1.54) is 73.5 Å². The van der Waals surface area contributed by atoms with Gasteiger partial charge in [-0.3, -0.25) is 48.8 Å². The van der Waals surface area contributed by atoms with Crippen LogP contribution in [0.15, 0.2) is 104 Å². The monoisotopic (exact) mass is 982 g/mol. The van der Waals surface area contributed by atoms with Crippen LogP contribution < -0.4 is 20.9 Å². The van der Waals surface area contributed by atoms with E-state index in [-0.39, 0.29) is 38.0 Å². The van der Waals surface area contributed by atoms with E-state index in [2.05, 4.69) is 15.9 Å². The maximum Gasteiger partial charge on any atom is 0.414 e. The molecule has 0 radical (unpaired) electrons. The van der Waals surface area contributed by atoms with Crippen LogP contribution in [0.2, 0.25) is 0 Å². The van der Waals surface area contributed by atoms with Gasteiger partial charge in [0.1, 0.15) is 27.7 Å². The molecule has 0 unspecified atom stereocenters. The summed E-state index contributed by atoms with van der Waals surface area (Å²) in [7, 11) is -1.25. The molecular formula is C43H41BrF2N6O12S. The molecular weight excluding hydrogens is 942 g/mol. The van der Waals surface area contributed by atoms with Gasteiger partial charge in [-0.05, 0) is 129 Å². The van der Waals surface area contributed by atoms with Gasteiger partial charge in [0.2, 0.25) is 0 Å². The van der Waals surface area contributed by atoms with E-state index in [1.807, 2.05) is 0 Å². The number of hydrogen-bond donors (Lipinski definition) is 0. The molecule has 0 atom stereocenters. The number of anilines is 2. The number of aromatic nitrogens is 2. The van der Waals surface area contributed by atoms with Crippen molar-refractivity contribution in [3.05, 3.63) is 142 Å². The maximum atomic E-state index is 14.9. The minimum Gasteiger partial charge on any atom is -0.443 e. The zero-order valence-corrected chi connectivity index (χ0v) is 38.6. The van der Waals surface area contributed by atoms with Gasteiger partial charge in [0.25, 0.3) is 22.5 Å². The topological polar surface area (TPSA) is 223 Å². The number of nitrogens with zero attached hydrogens (tertiary/aromatic N) is 6. The van der Waals surface area contributed by atoms with Gasteiger partial charge >= 0.3 is 12.2 Å². The average molecular weight is 984 g/mol. The number of hydrogen-bond acceptors (Lipinski definition) is 12. The average Bonchev–Trinajstić information content (AvgIpc) is 3.19. The zero-order chi connectivity index (χ0) is 48.7. The van der Waals surface area contributed by atoms with Gasteiger partial charge in [-0.15, -0.1) is 0 Å². The predicted octanol–water partition coefficient (Wildman–Crippen LogP) is 8.98. The number of ether oxygens (including phenoxy) is 2. The van der Waals surface area contributed by atoms with E-state index in [0.29, 0.717) is 16.5 Å². The Balaban J connectivity index is 0.000000245. The van der Waals surface area contributed by atoms with Crippen molar-refractivity contribution in [1.29, 1.82) is 0 Å². The first-order valence-corrected chi connectivity index (χ1v) is 21.7. The molecule has 22 heteroatoms. The van der Waals surface area contributed by atoms with Gasteiger partial charge in [0.15, 0.2) is 9.84 Å². The second-order valence-corrected chi connectivity index (χ2v) is 19.3. The molecule has 2 amide bonds. The molecule has 6 rings (SSSR count). The summed E-state index contributed by atoms with van der Waals surface area (Å²) in [6.07, 6.45) is 2.12. The van der Waals surface area contributed by atoms with Crippen LogP contribution in [0, 0.1) is 31.9 Å². The number of fused-ring (bicyclic) bond motifs is 2. The van der Waals surface area contributed by atoms with Crippen LogP contribution in [0.5, 0.6) is 0 Å². The smallest absolute Gasteiger partial charge is 0.414 e. The number of carbonyl (C=O) groups is 2. The molecule has 342 valence electrons. The number of benzene rings is 4. The van der Waals surface area contributed by atoms with Crippen LogP contribution in [0.25, 0.3) is 32.9 Å². The molecule has 0 N–H and O–H groups in total. The molecule has 0 spiro atoms. The minimum absolute atomic E-state index is 0.0306. The van der Waals surface area contributed by atoms with Crippen LogP contribution in [0.3, 0.4) is 0 Å². The van der Waals surface area contributed by atoms with Crippen molar-refractivity contribution in [3.8, 4) is 11.4 Å². The first kappa shape index (κ1) is 49.0. The quantitative estimate of drug-likeness (QED) is 0.108. The standard InChI is InChI=1S/C22H22FN3O7S.C21H19BrFN3O5/c1-22(2,3)33-21(28)24(4)18-10-13-8-9-25(20(27)15(13)12-16(18)23)14-6-7-17(26(29)30)19(11-14)34(5,31)32;1-21(2,3)31-20(28)24(4)18-9-12-7-8-25(19(27)14(12)11-16(18)23)13-5-6-17(26(29)30)15(22)10-13/h6-12H,1-5H3;5-11H,1-4H3. The predicted molar refractivity (Wildman–Crippen MR) is 242 cm³/mol. The number of carbonyl (C=O) groups excluding carboxylic acids is 2. The molecule has 2 heterocycles. The van der Waals surface area contributed by atoms with Crippen molar-refractivity contribution in [3.63, 3.8) is 0 Å². The number of halogens is 3. The first-order valence-electron chi connectivity index (χ1n) is 19.1. The normalized spacial score (nSPS) is 11.7. The molecule has 4 aromatic carbocycles. The number of sulfone groups is 1. The highest BCUT2D eigenvalue weighted by Crippen LogP contribution is 2.31. The minimum atomic E-state index is -3.97. The van der Waals surface area contributed by atoms with Crippen LogP contribution in [-0.2, 0) is 19.3 Å². The molecule has 0 aliphatic rings. The van der Waals surface area contributed by atoms with Gasteiger partial charge < -0.3 is 9.47 Å². The maximum absolute atomic E-state index is 14.9. The largest absolute Gasteiger partial charge is 0.443 e. The van der Waals surface area contributed by atoms with Crippen molar-refractivity contribution in [2.24, 2.45) is 0 Å². The highest BCUT2D eigenvalue weighted by Gasteiger charge is 2.27. The molecule has 0 aliphatic heterocycles. The number of amides is 2. The molecule has 0 bridgehead atoms.